The number of aliphatic hydroxyl groups excluding tert-OH is 1. The summed E-state index contributed by atoms with van der Waals surface area (Å²) in [6.45, 7) is 4.93. The average Bonchev–Trinajstić information content (AvgIpc) is 2.44. The summed E-state index contributed by atoms with van der Waals surface area (Å²) in [6, 6.07) is 4.98. The van der Waals surface area contributed by atoms with Gasteiger partial charge in [0.15, 0.2) is 0 Å². The Balaban J connectivity index is 2.61. The van der Waals surface area contributed by atoms with Crippen molar-refractivity contribution in [1.82, 2.24) is 5.32 Å². The number of hydrogen-bond donors (Lipinski definition) is 2. The molecule has 0 radical (unpaired) electrons. The lowest BCUT2D eigenvalue weighted by Crippen LogP contribution is -2.22. The second-order valence-electron chi connectivity index (χ2n) is 5.16. The molecule has 0 unspecified atom stereocenters. The first-order valence-electron chi connectivity index (χ1n) is 7.50. The van der Waals surface area contributed by atoms with Gasteiger partial charge in [-0.3, -0.25) is 0 Å². The third-order valence-electron chi connectivity index (χ3n) is 3.35. The molecule has 0 amide bonds. The Morgan fingerprint density at radius 1 is 1.25 bits per heavy atom. The van der Waals surface area contributed by atoms with Crippen LogP contribution in [0.3, 0.4) is 0 Å². The molecule has 0 saturated carbocycles. The highest BCUT2D eigenvalue weighted by Gasteiger charge is 2.08. The van der Waals surface area contributed by atoms with Gasteiger partial charge in [-0.1, -0.05) is 6.92 Å². The molecule has 1 aromatic rings. The van der Waals surface area contributed by atoms with Gasteiger partial charge in [-0.2, -0.15) is 0 Å². The van der Waals surface area contributed by atoms with Crippen molar-refractivity contribution >= 4 is 5.69 Å². The fourth-order valence-electron chi connectivity index (χ4n) is 2.23. The van der Waals surface area contributed by atoms with Crippen molar-refractivity contribution in [2.75, 3.05) is 31.6 Å². The van der Waals surface area contributed by atoms with Gasteiger partial charge in [-0.15, -0.1) is 0 Å². The molecule has 0 saturated heterocycles. The molecule has 0 atom stereocenters. The lowest BCUT2D eigenvalue weighted by molar-refractivity contribution is 0.283. The van der Waals surface area contributed by atoms with Gasteiger partial charge in [0.25, 0.3) is 0 Å². The van der Waals surface area contributed by atoms with Crippen LogP contribution in [0.5, 0.6) is 0 Å². The van der Waals surface area contributed by atoms with E-state index in [2.05, 4.69) is 17.1 Å². The number of nitrogens with one attached hydrogen (secondary N) is 1. The van der Waals surface area contributed by atoms with Gasteiger partial charge in [0.2, 0.25) is 0 Å². The summed E-state index contributed by atoms with van der Waals surface area (Å²) >= 11 is 0. The fraction of sp³-hybridized carbons (Fsp3) is 0.625. The second kappa shape index (κ2) is 9.72. The van der Waals surface area contributed by atoms with Crippen molar-refractivity contribution < 1.29 is 9.50 Å². The summed E-state index contributed by atoms with van der Waals surface area (Å²) < 4.78 is 13.4. The normalized spacial score (nSPS) is 10.8. The number of nitrogens with zero attached hydrogens (tertiary/aromatic N) is 1. The van der Waals surface area contributed by atoms with Crippen molar-refractivity contribution in [3.63, 3.8) is 0 Å². The van der Waals surface area contributed by atoms with Crippen molar-refractivity contribution in [2.24, 2.45) is 0 Å². The summed E-state index contributed by atoms with van der Waals surface area (Å²) in [5.41, 5.74) is 2.09. The molecule has 20 heavy (non-hydrogen) atoms. The summed E-state index contributed by atoms with van der Waals surface area (Å²) in [5.74, 6) is -0.185. The zero-order chi connectivity index (χ0) is 14.8. The number of halogens is 1. The van der Waals surface area contributed by atoms with Gasteiger partial charge in [-0.05, 0) is 56.0 Å². The Kier molecular flexibility index (Phi) is 8.23. The highest BCUT2D eigenvalue weighted by molar-refractivity contribution is 5.53. The molecule has 4 heteroatoms. The van der Waals surface area contributed by atoms with E-state index in [1.54, 1.807) is 6.07 Å². The standard InChI is InChI=1S/C16H27FN2O/c1-3-9-18-13-14-12-15(17)7-8-16(14)19(2)10-5-4-6-11-20/h7-8,12,18,20H,3-6,9-11,13H2,1-2H3. The predicted octanol–water partition coefficient (Wildman–Crippen LogP) is 2.92. The highest BCUT2D eigenvalue weighted by atomic mass is 19.1. The van der Waals surface area contributed by atoms with E-state index in [9.17, 15) is 4.39 Å². The van der Waals surface area contributed by atoms with Gasteiger partial charge < -0.3 is 15.3 Å². The van der Waals surface area contributed by atoms with E-state index < -0.39 is 0 Å². The first-order valence-corrected chi connectivity index (χ1v) is 7.50. The van der Waals surface area contributed by atoms with Crippen LogP contribution >= 0.6 is 0 Å². The molecule has 0 spiro atoms. The van der Waals surface area contributed by atoms with Crippen LogP contribution in [0.15, 0.2) is 18.2 Å². The zero-order valence-corrected chi connectivity index (χ0v) is 12.7. The Hall–Kier alpha value is -1.13. The van der Waals surface area contributed by atoms with Crippen LogP contribution in [-0.4, -0.2) is 31.9 Å². The monoisotopic (exact) mass is 282 g/mol. The fourth-order valence-corrected chi connectivity index (χ4v) is 2.23. The maximum Gasteiger partial charge on any atom is 0.123 e. The quantitative estimate of drug-likeness (QED) is 0.648. The number of hydrogen-bond acceptors (Lipinski definition) is 3. The van der Waals surface area contributed by atoms with Crippen molar-refractivity contribution in [3.8, 4) is 0 Å². The maximum absolute atomic E-state index is 13.4. The van der Waals surface area contributed by atoms with E-state index in [1.807, 2.05) is 13.1 Å². The zero-order valence-electron chi connectivity index (χ0n) is 12.7. The van der Waals surface area contributed by atoms with E-state index in [-0.39, 0.29) is 12.4 Å². The van der Waals surface area contributed by atoms with Gasteiger partial charge in [0, 0.05) is 32.4 Å². The largest absolute Gasteiger partial charge is 0.396 e. The van der Waals surface area contributed by atoms with Gasteiger partial charge in [0.1, 0.15) is 5.82 Å². The molecule has 0 bridgehead atoms. The molecule has 0 aliphatic rings. The minimum atomic E-state index is -0.185. The summed E-state index contributed by atoms with van der Waals surface area (Å²) in [5, 5.41) is 12.1. The smallest absolute Gasteiger partial charge is 0.123 e. The molecule has 0 aliphatic heterocycles. The van der Waals surface area contributed by atoms with Crippen LogP contribution in [0.2, 0.25) is 0 Å². The molecule has 1 rings (SSSR count). The minimum Gasteiger partial charge on any atom is -0.396 e. The van der Waals surface area contributed by atoms with Gasteiger partial charge in [-0.25, -0.2) is 4.39 Å². The van der Waals surface area contributed by atoms with Crippen LogP contribution in [0, 0.1) is 5.82 Å². The maximum atomic E-state index is 13.4. The van der Waals surface area contributed by atoms with Gasteiger partial charge >= 0.3 is 0 Å². The molecule has 0 fully saturated rings. The van der Waals surface area contributed by atoms with Crippen molar-refractivity contribution in [3.05, 3.63) is 29.6 Å². The molecular weight excluding hydrogens is 255 g/mol. The topological polar surface area (TPSA) is 35.5 Å². The van der Waals surface area contributed by atoms with E-state index in [4.69, 9.17) is 5.11 Å². The second-order valence-corrected chi connectivity index (χ2v) is 5.16. The first-order chi connectivity index (χ1) is 9.69. The minimum absolute atomic E-state index is 0.185. The average molecular weight is 282 g/mol. The van der Waals surface area contributed by atoms with E-state index in [0.717, 1.165) is 50.0 Å². The number of anilines is 1. The first kappa shape index (κ1) is 16.9. The molecule has 3 nitrogen and oxygen atoms in total. The number of unbranched alkanes of at least 4 members (excludes halogenated alkanes) is 2. The Morgan fingerprint density at radius 2 is 2.05 bits per heavy atom. The SMILES string of the molecule is CCCNCc1cc(F)ccc1N(C)CCCCCO. The van der Waals surface area contributed by atoms with Crippen molar-refractivity contribution in [2.45, 2.75) is 39.2 Å². The third-order valence-corrected chi connectivity index (χ3v) is 3.35. The molecule has 0 aliphatic carbocycles. The summed E-state index contributed by atoms with van der Waals surface area (Å²) in [7, 11) is 2.04. The molecular formula is C16H27FN2O. The Morgan fingerprint density at radius 3 is 2.75 bits per heavy atom. The number of rotatable bonds is 10. The molecule has 114 valence electrons. The lowest BCUT2D eigenvalue weighted by Gasteiger charge is -2.23. The van der Waals surface area contributed by atoms with Crippen LogP contribution in [-0.2, 0) is 6.54 Å². The van der Waals surface area contributed by atoms with Crippen LogP contribution < -0.4 is 10.2 Å². The van der Waals surface area contributed by atoms with Crippen LogP contribution in [0.1, 0.15) is 38.2 Å². The molecule has 2 N–H and O–H groups in total. The Bertz CT molecular complexity index is 385. The lowest BCUT2D eigenvalue weighted by atomic mass is 10.1. The highest BCUT2D eigenvalue weighted by Crippen LogP contribution is 2.21. The van der Waals surface area contributed by atoms with E-state index in [1.165, 1.54) is 6.07 Å². The molecule has 0 heterocycles. The van der Waals surface area contributed by atoms with Crippen molar-refractivity contribution in [1.29, 1.82) is 0 Å². The number of aliphatic hydroxyl groups is 1. The van der Waals surface area contributed by atoms with E-state index in [0.29, 0.717) is 6.54 Å². The summed E-state index contributed by atoms with van der Waals surface area (Å²) in [6.07, 6.45) is 3.98. The Labute approximate surface area is 121 Å². The molecule has 1 aromatic carbocycles. The predicted molar refractivity (Wildman–Crippen MR) is 82.6 cm³/mol. The van der Waals surface area contributed by atoms with Crippen LogP contribution in [0.25, 0.3) is 0 Å². The van der Waals surface area contributed by atoms with Gasteiger partial charge in [0.05, 0.1) is 0 Å². The molecule has 0 aromatic heterocycles. The summed E-state index contributed by atoms with van der Waals surface area (Å²) in [4.78, 5) is 2.17. The van der Waals surface area contributed by atoms with Crippen LogP contribution in [0.4, 0.5) is 10.1 Å². The third kappa shape index (κ3) is 5.88. The van der Waals surface area contributed by atoms with E-state index >= 15 is 0 Å². The number of benzene rings is 1.